The van der Waals surface area contributed by atoms with Crippen molar-refractivity contribution in [2.45, 2.75) is 18.4 Å². The van der Waals surface area contributed by atoms with E-state index in [1.165, 1.54) is 23.5 Å². The molecule has 1 aromatic heterocycles. The number of aryl methyl sites for hydroxylation is 1. The van der Waals surface area contributed by atoms with Gasteiger partial charge in [-0.2, -0.15) is 0 Å². The van der Waals surface area contributed by atoms with E-state index in [1.54, 1.807) is 18.4 Å². The standard InChI is InChI=1S/C12H14N4O3S2/c1-7-2-3-8(21(14,18)19)4-9(7)16-12(17)10-6-20-11(5-13)15-10/h2-4,6H,5,13H2,1H3,(H,16,17)(H2,14,18,19). The van der Waals surface area contributed by atoms with Gasteiger partial charge in [-0.3, -0.25) is 4.79 Å². The molecule has 0 aliphatic carbocycles. The summed E-state index contributed by atoms with van der Waals surface area (Å²) in [6.45, 7) is 2.01. The number of benzene rings is 1. The van der Waals surface area contributed by atoms with Gasteiger partial charge in [0.1, 0.15) is 10.7 Å². The molecule has 0 saturated carbocycles. The number of amides is 1. The Morgan fingerprint density at radius 2 is 2.14 bits per heavy atom. The van der Waals surface area contributed by atoms with Gasteiger partial charge in [-0.05, 0) is 24.6 Å². The highest BCUT2D eigenvalue weighted by molar-refractivity contribution is 7.89. The van der Waals surface area contributed by atoms with Crippen molar-refractivity contribution in [2.24, 2.45) is 10.9 Å². The number of hydrogen-bond donors (Lipinski definition) is 3. The normalized spacial score (nSPS) is 11.4. The molecule has 112 valence electrons. The minimum atomic E-state index is -3.82. The number of primary sulfonamides is 1. The molecule has 0 atom stereocenters. The van der Waals surface area contributed by atoms with E-state index in [4.69, 9.17) is 10.9 Å². The molecule has 9 heteroatoms. The van der Waals surface area contributed by atoms with Crippen LogP contribution in [0.15, 0.2) is 28.5 Å². The molecular weight excluding hydrogens is 312 g/mol. The first-order valence-electron chi connectivity index (χ1n) is 5.90. The van der Waals surface area contributed by atoms with Crippen LogP contribution in [-0.4, -0.2) is 19.3 Å². The Hall–Kier alpha value is -1.81. The summed E-state index contributed by atoms with van der Waals surface area (Å²) in [6.07, 6.45) is 0. The highest BCUT2D eigenvalue weighted by atomic mass is 32.2. The third-order valence-corrected chi connectivity index (χ3v) is 4.53. The summed E-state index contributed by atoms with van der Waals surface area (Å²) < 4.78 is 22.7. The molecule has 0 fully saturated rings. The van der Waals surface area contributed by atoms with Crippen LogP contribution in [0.3, 0.4) is 0 Å². The van der Waals surface area contributed by atoms with Crippen molar-refractivity contribution in [1.29, 1.82) is 0 Å². The quantitative estimate of drug-likeness (QED) is 0.766. The highest BCUT2D eigenvalue weighted by Gasteiger charge is 2.14. The van der Waals surface area contributed by atoms with Crippen molar-refractivity contribution in [2.75, 3.05) is 5.32 Å². The number of nitrogens with two attached hydrogens (primary N) is 2. The monoisotopic (exact) mass is 326 g/mol. The Kier molecular flexibility index (Phi) is 4.37. The first-order valence-corrected chi connectivity index (χ1v) is 8.33. The van der Waals surface area contributed by atoms with Gasteiger partial charge in [0.15, 0.2) is 0 Å². The van der Waals surface area contributed by atoms with Gasteiger partial charge in [0.2, 0.25) is 10.0 Å². The second-order valence-electron chi connectivity index (χ2n) is 4.31. The second kappa shape index (κ2) is 5.90. The number of nitrogens with one attached hydrogen (secondary N) is 1. The number of hydrogen-bond acceptors (Lipinski definition) is 6. The fourth-order valence-corrected chi connectivity index (χ4v) is 2.80. The smallest absolute Gasteiger partial charge is 0.275 e. The summed E-state index contributed by atoms with van der Waals surface area (Å²) >= 11 is 1.29. The molecule has 0 saturated heterocycles. The predicted octanol–water partition coefficient (Wildman–Crippen LogP) is 0.810. The molecule has 2 aromatic rings. The third-order valence-electron chi connectivity index (χ3n) is 2.74. The number of sulfonamides is 1. The molecule has 1 amide bonds. The number of aromatic nitrogens is 1. The van der Waals surface area contributed by atoms with E-state index in [1.807, 2.05) is 0 Å². The van der Waals surface area contributed by atoms with Crippen LogP contribution in [0.25, 0.3) is 0 Å². The van der Waals surface area contributed by atoms with E-state index in [2.05, 4.69) is 10.3 Å². The van der Waals surface area contributed by atoms with E-state index in [0.29, 0.717) is 16.3 Å². The number of carbonyl (C=O) groups is 1. The van der Waals surface area contributed by atoms with E-state index in [-0.39, 0.29) is 17.1 Å². The maximum Gasteiger partial charge on any atom is 0.275 e. The Morgan fingerprint density at radius 1 is 1.43 bits per heavy atom. The summed E-state index contributed by atoms with van der Waals surface area (Å²) in [5.74, 6) is -0.430. The van der Waals surface area contributed by atoms with Gasteiger partial charge >= 0.3 is 0 Å². The topological polar surface area (TPSA) is 128 Å². The zero-order valence-corrected chi connectivity index (χ0v) is 12.8. The minimum Gasteiger partial charge on any atom is -0.325 e. The lowest BCUT2D eigenvalue weighted by atomic mass is 10.2. The van der Waals surface area contributed by atoms with Crippen molar-refractivity contribution in [3.05, 3.63) is 39.8 Å². The fourth-order valence-electron chi connectivity index (χ4n) is 1.61. The van der Waals surface area contributed by atoms with Crippen LogP contribution in [0.5, 0.6) is 0 Å². The molecule has 0 bridgehead atoms. The summed E-state index contributed by atoms with van der Waals surface area (Å²) in [5, 5.41) is 9.94. The lowest BCUT2D eigenvalue weighted by molar-refractivity contribution is 0.102. The van der Waals surface area contributed by atoms with Crippen molar-refractivity contribution in [3.8, 4) is 0 Å². The number of rotatable bonds is 4. The summed E-state index contributed by atoms with van der Waals surface area (Å²) in [4.78, 5) is 16.1. The fraction of sp³-hybridized carbons (Fsp3) is 0.167. The molecule has 1 heterocycles. The van der Waals surface area contributed by atoms with Crippen molar-refractivity contribution < 1.29 is 13.2 Å². The lowest BCUT2D eigenvalue weighted by Gasteiger charge is -2.09. The van der Waals surface area contributed by atoms with Crippen LogP contribution in [-0.2, 0) is 16.6 Å². The summed E-state index contributed by atoms with van der Waals surface area (Å²) in [7, 11) is -3.82. The van der Waals surface area contributed by atoms with Gasteiger partial charge < -0.3 is 11.1 Å². The molecule has 2 rings (SSSR count). The maximum atomic E-state index is 12.1. The van der Waals surface area contributed by atoms with Crippen LogP contribution in [0.2, 0.25) is 0 Å². The lowest BCUT2D eigenvalue weighted by Crippen LogP contribution is -2.16. The Bertz CT molecular complexity index is 784. The Morgan fingerprint density at radius 3 is 2.71 bits per heavy atom. The summed E-state index contributed by atoms with van der Waals surface area (Å²) in [5.41, 5.74) is 6.76. The number of carbonyl (C=O) groups excluding carboxylic acids is 1. The average molecular weight is 326 g/mol. The molecular formula is C12H14N4O3S2. The van der Waals surface area contributed by atoms with E-state index >= 15 is 0 Å². The van der Waals surface area contributed by atoms with Gasteiger partial charge in [-0.1, -0.05) is 6.07 Å². The second-order valence-corrected chi connectivity index (χ2v) is 6.81. The Labute approximate surface area is 126 Å². The van der Waals surface area contributed by atoms with Gasteiger partial charge in [0.25, 0.3) is 5.91 Å². The van der Waals surface area contributed by atoms with Crippen molar-refractivity contribution in [3.63, 3.8) is 0 Å². The first kappa shape index (κ1) is 15.6. The van der Waals surface area contributed by atoms with Crippen LogP contribution >= 0.6 is 11.3 Å². The largest absolute Gasteiger partial charge is 0.325 e. The summed E-state index contributed by atoms with van der Waals surface area (Å²) in [6, 6.07) is 4.27. The van der Waals surface area contributed by atoms with Gasteiger partial charge in [0, 0.05) is 17.6 Å². The molecule has 0 aliphatic rings. The Balaban J connectivity index is 2.28. The van der Waals surface area contributed by atoms with Crippen molar-refractivity contribution >= 4 is 33.0 Å². The molecule has 21 heavy (non-hydrogen) atoms. The van der Waals surface area contributed by atoms with Crippen molar-refractivity contribution in [1.82, 2.24) is 4.98 Å². The van der Waals surface area contributed by atoms with E-state index in [9.17, 15) is 13.2 Å². The zero-order chi connectivity index (χ0) is 15.6. The molecule has 5 N–H and O–H groups in total. The van der Waals surface area contributed by atoms with Crippen LogP contribution in [0.4, 0.5) is 5.69 Å². The maximum absolute atomic E-state index is 12.1. The van der Waals surface area contributed by atoms with Crippen LogP contribution in [0.1, 0.15) is 21.1 Å². The molecule has 0 unspecified atom stereocenters. The van der Waals surface area contributed by atoms with Crippen LogP contribution in [0, 0.1) is 6.92 Å². The first-order chi connectivity index (χ1) is 9.81. The van der Waals surface area contributed by atoms with Crippen LogP contribution < -0.4 is 16.2 Å². The molecule has 0 aliphatic heterocycles. The molecule has 0 spiro atoms. The van der Waals surface area contributed by atoms with Gasteiger partial charge in [-0.15, -0.1) is 11.3 Å². The third kappa shape index (κ3) is 3.64. The predicted molar refractivity (Wildman–Crippen MR) is 80.5 cm³/mol. The zero-order valence-electron chi connectivity index (χ0n) is 11.2. The average Bonchev–Trinajstić information content (AvgIpc) is 2.88. The number of anilines is 1. The number of thiazole rings is 1. The molecule has 0 radical (unpaired) electrons. The van der Waals surface area contributed by atoms with Gasteiger partial charge in [0.05, 0.1) is 4.90 Å². The minimum absolute atomic E-state index is 0.0654. The van der Waals surface area contributed by atoms with E-state index in [0.717, 1.165) is 0 Å². The van der Waals surface area contributed by atoms with E-state index < -0.39 is 15.9 Å². The van der Waals surface area contributed by atoms with Gasteiger partial charge in [-0.25, -0.2) is 18.5 Å². The highest BCUT2D eigenvalue weighted by Crippen LogP contribution is 2.20. The molecule has 1 aromatic carbocycles. The number of nitrogens with zero attached hydrogens (tertiary/aromatic N) is 1. The molecule has 7 nitrogen and oxygen atoms in total. The SMILES string of the molecule is Cc1ccc(S(N)(=O)=O)cc1NC(=O)c1csc(CN)n1.